The normalized spacial score (nSPS) is 10.1. The van der Waals surface area contributed by atoms with Crippen LogP contribution in [0.1, 0.15) is 110 Å². The molecule has 0 aromatic heterocycles. The molecule has 0 aliphatic carbocycles. The summed E-state index contributed by atoms with van der Waals surface area (Å²) in [5, 5.41) is 0. The van der Waals surface area contributed by atoms with Crippen LogP contribution in [0.4, 0.5) is 4.79 Å². The highest BCUT2D eigenvalue weighted by Gasteiger charge is 2.02. The van der Waals surface area contributed by atoms with Gasteiger partial charge in [-0.05, 0) is 6.42 Å². The number of carbonyl (C=O) groups is 2. The monoisotopic (exact) mass is 371 g/mol. The zero-order valence-corrected chi connectivity index (χ0v) is 17.7. The van der Waals surface area contributed by atoms with Crippen molar-refractivity contribution < 1.29 is 9.59 Å². The predicted octanol–water partition coefficient (Wildman–Crippen LogP) is 5.36. The van der Waals surface area contributed by atoms with Gasteiger partial charge in [0.05, 0.1) is 0 Å². The van der Waals surface area contributed by atoms with Crippen LogP contribution in [0.25, 0.3) is 0 Å². The number of urea groups is 1. The quantitative estimate of drug-likeness (QED) is 0.358. The van der Waals surface area contributed by atoms with Crippen molar-refractivity contribution >= 4 is 11.9 Å². The summed E-state index contributed by atoms with van der Waals surface area (Å²) < 4.78 is 0. The van der Waals surface area contributed by atoms with E-state index in [1.54, 1.807) is 4.90 Å². The van der Waals surface area contributed by atoms with E-state index in [0.29, 0.717) is 0 Å². The Morgan fingerprint density at radius 3 is 1.15 bits per heavy atom. The minimum Gasteiger partial charge on any atom is -0.352 e. The Bertz CT molecular complexity index is 316. The molecule has 0 aliphatic rings. The highest BCUT2D eigenvalue weighted by molar-refractivity contribution is 5.75. The zero-order valence-electron chi connectivity index (χ0n) is 17.7. The largest absolute Gasteiger partial charge is 0.352 e. The molecule has 0 aromatic carbocycles. The van der Waals surface area contributed by atoms with Gasteiger partial charge in [0, 0.05) is 20.5 Å². The van der Waals surface area contributed by atoms with Crippen molar-refractivity contribution in [2.45, 2.75) is 110 Å². The molecule has 0 aliphatic heterocycles. The molecule has 0 heterocycles. The van der Waals surface area contributed by atoms with E-state index in [-0.39, 0.29) is 5.91 Å². The van der Waals surface area contributed by atoms with Crippen molar-refractivity contribution in [3.05, 3.63) is 0 Å². The first-order valence-corrected chi connectivity index (χ1v) is 10.7. The smallest absolute Gasteiger partial charge is 0.309 e. The molecule has 26 heavy (non-hydrogen) atoms. The molecule has 0 spiro atoms. The fraction of sp³-hybridized carbons (Fsp3) is 0.905. The van der Waals surface area contributed by atoms with E-state index in [1.807, 2.05) is 14.1 Å². The zero-order chi connectivity index (χ0) is 20.0. The number of amides is 3. The van der Waals surface area contributed by atoms with Gasteiger partial charge in [-0.1, -0.05) is 96.8 Å². The SMILES string of the molecule is CCCCCCCCCCCCCCCCCC(=O)N(C)C.NC(N)=O. The van der Waals surface area contributed by atoms with Crippen molar-refractivity contribution in [1.29, 1.82) is 0 Å². The minimum atomic E-state index is -0.833. The molecule has 5 nitrogen and oxygen atoms in total. The summed E-state index contributed by atoms with van der Waals surface area (Å²) in [6.45, 7) is 2.28. The average molecular weight is 372 g/mol. The van der Waals surface area contributed by atoms with E-state index in [4.69, 9.17) is 4.79 Å². The molecule has 3 amide bonds. The summed E-state index contributed by atoms with van der Waals surface area (Å²) in [4.78, 5) is 22.1. The van der Waals surface area contributed by atoms with E-state index < -0.39 is 6.03 Å². The topological polar surface area (TPSA) is 89.4 Å². The van der Waals surface area contributed by atoms with Crippen molar-refractivity contribution in [1.82, 2.24) is 4.90 Å². The fourth-order valence-corrected chi connectivity index (χ4v) is 2.87. The van der Waals surface area contributed by atoms with Crippen molar-refractivity contribution in [2.75, 3.05) is 14.1 Å². The lowest BCUT2D eigenvalue weighted by Gasteiger charge is -2.09. The molecule has 0 saturated carbocycles. The highest BCUT2D eigenvalue weighted by Crippen LogP contribution is 2.13. The number of nitrogens with zero attached hydrogens (tertiary/aromatic N) is 1. The second kappa shape index (κ2) is 21.8. The van der Waals surface area contributed by atoms with Gasteiger partial charge in [0.25, 0.3) is 0 Å². The van der Waals surface area contributed by atoms with Gasteiger partial charge in [-0.3, -0.25) is 4.79 Å². The van der Waals surface area contributed by atoms with Gasteiger partial charge in [-0.2, -0.15) is 0 Å². The van der Waals surface area contributed by atoms with Crippen LogP contribution in [0.5, 0.6) is 0 Å². The van der Waals surface area contributed by atoms with Gasteiger partial charge < -0.3 is 16.4 Å². The Morgan fingerprint density at radius 1 is 0.615 bits per heavy atom. The number of hydrogen-bond donors (Lipinski definition) is 2. The van der Waals surface area contributed by atoms with Gasteiger partial charge in [0.2, 0.25) is 5.91 Å². The van der Waals surface area contributed by atoms with Gasteiger partial charge >= 0.3 is 6.03 Å². The van der Waals surface area contributed by atoms with E-state index in [9.17, 15) is 4.79 Å². The first kappa shape index (κ1) is 27.0. The molecule has 0 atom stereocenters. The molecule has 0 fully saturated rings. The van der Waals surface area contributed by atoms with E-state index in [2.05, 4.69) is 18.4 Å². The molecular weight excluding hydrogens is 326 g/mol. The van der Waals surface area contributed by atoms with E-state index in [0.717, 1.165) is 12.8 Å². The number of primary amides is 2. The maximum absolute atomic E-state index is 11.4. The van der Waals surface area contributed by atoms with Crippen molar-refractivity contribution in [3.8, 4) is 0 Å². The van der Waals surface area contributed by atoms with E-state index >= 15 is 0 Å². The van der Waals surface area contributed by atoms with Gasteiger partial charge in [-0.25, -0.2) is 4.79 Å². The van der Waals surface area contributed by atoms with Gasteiger partial charge in [0.15, 0.2) is 0 Å². The first-order chi connectivity index (χ1) is 12.4. The molecule has 0 radical (unpaired) electrons. The predicted molar refractivity (Wildman–Crippen MR) is 112 cm³/mol. The number of unbranched alkanes of at least 4 members (excludes halogenated alkanes) is 14. The summed E-state index contributed by atoms with van der Waals surface area (Å²) in [5.74, 6) is 0.273. The van der Waals surface area contributed by atoms with Gasteiger partial charge in [-0.15, -0.1) is 0 Å². The third-order valence-electron chi connectivity index (χ3n) is 4.49. The van der Waals surface area contributed by atoms with Crippen LogP contribution in [0.15, 0.2) is 0 Å². The minimum absolute atomic E-state index is 0.273. The van der Waals surface area contributed by atoms with Crippen LogP contribution in [0.3, 0.4) is 0 Å². The van der Waals surface area contributed by atoms with E-state index in [1.165, 1.54) is 89.9 Å². The number of rotatable bonds is 16. The van der Waals surface area contributed by atoms with Crippen molar-refractivity contribution in [3.63, 3.8) is 0 Å². The highest BCUT2D eigenvalue weighted by atomic mass is 16.2. The van der Waals surface area contributed by atoms with Crippen LogP contribution in [-0.4, -0.2) is 30.9 Å². The third kappa shape index (κ3) is 27.6. The number of carbonyl (C=O) groups excluding carboxylic acids is 2. The van der Waals surface area contributed by atoms with Crippen LogP contribution in [0, 0.1) is 0 Å². The Labute approximate surface area is 162 Å². The molecule has 0 bridgehead atoms. The standard InChI is InChI=1S/C20H41NO.CH4N2O/c1-4-5-6-7-8-9-10-11-12-13-14-15-16-17-18-19-20(22)21(2)3;2-1(3)4/h4-19H2,1-3H3;(H4,2,3,4). The molecule has 5 heteroatoms. The Morgan fingerprint density at radius 2 is 0.885 bits per heavy atom. The average Bonchev–Trinajstić information content (AvgIpc) is 2.57. The lowest BCUT2D eigenvalue weighted by molar-refractivity contribution is -0.128. The summed E-state index contributed by atoms with van der Waals surface area (Å²) >= 11 is 0. The Hall–Kier alpha value is -1.26. The molecule has 0 unspecified atom stereocenters. The fourth-order valence-electron chi connectivity index (χ4n) is 2.87. The third-order valence-corrected chi connectivity index (χ3v) is 4.49. The van der Waals surface area contributed by atoms with Crippen LogP contribution >= 0.6 is 0 Å². The lowest BCUT2D eigenvalue weighted by atomic mass is 10.0. The van der Waals surface area contributed by atoms with Crippen LogP contribution < -0.4 is 11.5 Å². The Balaban J connectivity index is 0. The maximum atomic E-state index is 11.4. The molecule has 0 aromatic rings. The Kier molecular flexibility index (Phi) is 22.6. The molecular formula is C21H45N3O2. The van der Waals surface area contributed by atoms with Crippen molar-refractivity contribution in [2.24, 2.45) is 11.5 Å². The molecule has 0 saturated heterocycles. The van der Waals surface area contributed by atoms with Crippen LogP contribution in [-0.2, 0) is 4.79 Å². The van der Waals surface area contributed by atoms with Crippen LogP contribution in [0.2, 0.25) is 0 Å². The lowest BCUT2D eigenvalue weighted by Crippen LogP contribution is -2.20. The molecule has 156 valence electrons. The van der Waals surface area contributed by atoms with Gasteiger partial charge in [0.1, 0.15) is 0 Å². The molecule has 0 rings (SSSR count). The maximum Gasteiger partial charge on any atom is 0.309 e. The summed E-state index contributed by atoms with van der Waals surface area (Å²) in [7, 11) is 3.68. The first-order valence-electron chi connectivity index (χ1n) is 10.7. The summed E-state index contributed by atoms with van der Waals surface area (Å²) in [6, 6.07) is -0.833. The summed E-state index contributed by atoms with van der Waals surface area (Å²) in [6.07, 6.45) is 21.3. The number of hydrogen-bond acceptors (Lipinski definition) is 2. The second-order valence-corrected chi connectivity index (χ2v) is 7.39. The molecule has 4 N–H and O–H groups in total. The number of nitrogens with two attached hydrogens (primary N) is 2. The second-order valence-electron chi connectivity index (χ2n) is 7.39. The summed E-state index contributed by atoms with van der Waals surface area (Å²) in [5.41, 5.74) is 8.50.